The molecule has 0 amide bonds. The smallest absolute Gasteiger partial charge is 0.241 e. The summed E-state index contributed by atoms with van der Waals surface area (Å²) in [5.41, 5.74) is 3.33. The zero-order chi connectivity index (χ0) is 16.5. The molecule has 0 saturated heterocycles. The van der Waals surface area contributed by atoms with Gasteiger partial charge in [0.2, 0.25) is 8.32 Å². The van der Waals surface area contributed by atoms with Gasteiger partial charge >= 0.3 is 0 Å². The summed E-state index contributed by atoms with van der Waals surface area (Å²) in [4.78, 5) is 0. The van der Waals surface area contributed by atoms with Crippen molar-refractivity contribution in [1.29, 1.82) is 0 Å². The summed E-state index contributed by atoms with van der Waals surface area (Å²) in [6.07, 6.45) is 4.55. The molecule has 122 valence electrons. The largest absolute Gasteiger partial charge is 0.546 e. The molecule has 21 heavy (non-hydrogen) atoms. The van der Waals surface area contributed by atoms with Crippen LogP contribution in [0.25, 0.3) is 0 Å². The second kappa shape index (κ2) is 9.50. The Morgan fingerprint density at radius 3 is 2.19 bits per heavy atom. The summed E-state index contributed by atoms with van der Waals surface area (Å²) in [6.45, 7) is 20.0. The molecular formula is C17H34O2Si2. The fourth-order valence-corrected chi connectivity index (χ4v) is 3.34. The first kappa shape index (κ1) is 20.5. The molecule has 0 saturated carbocycles. The van der Waals surface area contributed by atoms with Crippen molar-refractivity contribution in [2.45, 2.75) is 78.0 Å². The molecule has 0 aliphatic carbocycles. The van der Waals surface area contributed by atoms with Crippen LogP contribution in [0.15, 0.2) is 12.3 Å². The number of unbranched alkanes of at least 4 members (excludes halogenated alkanes) is 2. The molecule has 0 aromatic carbocycles. The Bertz CT molecular complexity index is 367. The van der Waals surface area contributed by atoms with Gasteiger partial charge in [0.15, 0.2) is 0 Å². The maximum absolute atomic E-state index is 6.01. The van der Waals surface area contributed by atoms with Crippen molar-refractivity contribution in [3.63, 3.8) is 0 Å². The molecule has 1 unspecified atom stereocenters. The first-order chi connectivity index (χ1) is 9.55. The van der Waals surface area contributed by atoms with E-state index in [0.29, 0.717) is 6.61 Å². The van der Waals surface area contributed by atoms with Crippen LogP contribution in [0.2, 0.25) is 39.3 Å². The lowest BCUT2D eigenvalue weighted by atomic mass is 10.1. The number of ether oxygens (including phenoxy) is 1. The molecule has 0 N–H and O–H groups in total. The molecule has 0 radical (unpaired) electrons. The molecule has 0 heterocycles. The van der Waals surface area contributed by atoms with Gasteiger partial charge in [0.25, 0.3) is 0 Å². The third-order valence-electron chi connectivity index (χ3n) is 2.69. The highest BCUT2D eigenvalue weighted by Gasteiger charge is 2.22. The number of hydrogen-bond acceptors (Lipinski definition) is 2. The molecule has 0 aliphatic heterocycles. The lowest BCUT2D eigenvalue weighted by Gasteiger charge is -2.26. The van der Waals surface area contributed by atoms with E-state index >= 15 is 0 Å². The summed E-state index contributed by atoms with van der Waals surface area (Å²) in [5.74, 6) is 3.96. The van der Waals surface area contributed by atoms with Crippen LogP contribution in [0.1, 0.15) is 32.6 Å². The number of hydrogen-bond donors (Lipinski definition) is 0. The van der Waals surface area contributed by atoms with Crippen LogP contribution in [-0.4, -0.2) is 29.1 Å². The van der Waals surface area contributed by atoms with Crippen molar-refractivity contribution >= 4 is 16.4 Å². The maximum Gasteiger partial charge on any atom is 0.241 e. The molecule has 0 rings (SSSR count). The SMILES string of the molecule is C=C(O[Si](C)(C)C)C(CCCCC)OCC#C[Si](C)(C)C. The summed E-state index contributed by atoms with van der Waals surface area (Å²) < 4.78 is 11.9. The Balaban J connectivity index is 4.51. The van der Waals surface area contributed by atoms with Crippen LogP contribution in [0.5, 0.6) is 0 Å². The van der Waals surface area contributed by atoms with Gasteiger partial charge in [-0.3, -0.25) is 0 Å². The molecule has 4 heteroatoms. The molecule has 2 nitrogen and oxygen atoms in total. The van der Waals surface area contributed by atoms with E-state index in [0.717, 1.165) is 18.6 Å². The van der Waals surface area contributed by atoms with Crippen LogP contribution in [-0.2, 0) is 9.16 Å². The lowest BCUT2D eigenvalue weighted by Crippen LogP contribution is -2.30. The van der Waals surface area contributed by atoms with E-state index in [4.69, 9.17) is 9.16 Å². The average Bonchev–Trinajstić information content (AvgIpc) is 2.28. The Kier molecular flexibility index (Phi) is 9.27. The van der Waals surface area contributed by atoms with Crippen molar-refractivity contribution in [2.24, 2.45) is 0 Å². The lowest BCUT2D eigenvalue weighted by molar-refractivity contribution is 0.0676. The standard InChI is InChI=1S/C17H34O2Si2/c1-9-10-11-13-17(16(2)19-21(6,7)8)18-14-12-15-20(3,4)5/h17H,2,9-11,13-14H2,1,3-8H3. The first-order valence-electron chi connectivity index (χ1n) is 8.04. The van der Waals surface area contributed by atoms with Gasteiger partial charge in [-0.25, -0.2) is 0 Å². The Labute approximate surface area is 134 Å². The van der Waals surface area contributed by atoms with Crippen molar-refractivity contribution in [3.8, 4) is 11.5 Å². The van der Waals surface area contributed by atoms with Gasteiger partial charge in [-0.2, -0.15) is 0 Å². The molecule has 0 aliphatic rings. The topological polar surface area (TPSA) is 18.5 Å². The first-order valence-corrected chi connectivity index (χ1v) is 15.0. The quantitative estimate of drug-likeness (QED) is 0.251. The van der Waals surface area contributed by atoms with Crippen LogP contribution < -0.4 is 0 Å². The normalized spacial score (nSPS) is 13.3. The van der Waals surface area contributed by atoms with E-state index in [1.54, 1.807) is 0 Å². The average molecular weight is 327 g/mol. The summed E-state index contributed by atoms with van der Waals surface area (Å²) in [5, 5.41) is 0. The number of rotatable bonds is 9. The van der Waals surface area contributed by atoms with E-state index < -0.39 is 16.4 Å². The van der Waals surface area contributed by atoms with E-state index in [1.165, 1.54) is 12.8 Å². The fraction of sp³-hybridized carbons (Fsp3) is 0.765. The summed E-state index contributed by atoms with van der Waals surface area (Å²) in [6, 6.07) is 0. The van der Waals surface area contributed by atoms with Crippen molar-refractivity contribution in [1.82, 2.24) is 0 Å². The van der Waals surface area contributed by atoms with Crippen LogP contribution in [0, 0.1) is 11.5 Å². The van der Waals surface area contributed by atoms with E-state index in [9.17, 15) is 0 Å². The van der Waals surface area contributed by atoms with Crippen molar-refractivity contribution < 1.29 is 9.16 Å². The maximum atomic E-state index is 6.01. The molecule has 0 bridgehead atoms. The van der Waals surface area contributed by atoms with Gasteiger partial charge in [-0.15, -0.1) is 5.54 Å². The molecule has 0 aromatic heterocycles. The zero-order valence-corrected chi connectivity index (χ0v) is 17.1. The predicted molar refractivity (Wildman–Crippen MR) is 98.6 cm³/mol. The third-order valence-corrected chi connectivity index (χ3v) is 4.49. The third kappa shape index (κ3) is 12.9. The predicted octanol–water partition coefficient (Wildman–Crippen LogP) is 5.20. The monoisotopic (exact) mass is 326 g/mol. The van der Waals surface area contributed by atoms with Crippen LogP contribution in [0.3, 0.4) is 0 Å². The minimum Gasteiger partial charge on any atom is -0.546 e. The summed E-state index contributed by atoms with van der Waals surface area (Å²) >= 11 is 0. The molecular weight excluding hydrogens is 292 g/mol. The Morgan fingerprint density at radius 2 is 1.71 bits per heavy atom. The van der Waals surface area contributed by atoms with Gasteiger partial charge < -0.3 is 9.16 Å². The highest BCUT2D eigenvalue weighted by atomic mass is 28.4. The van der Waals surface area contributed by atoms with Crippen molar-refractivity contribution in [3.05, 3.63) is 12.3 Å². The Hall–Kier alpha value is -0.506. The van der Waals surface area contributed by atoms with Gasteiger partial charge in [0, 0.05) is 0 Å². The van der Waals surface area contributed by atoms with Gasteiger partial charge in [0.05, 0.1) is 0 Å². The highest BCUT2D eigenvalue weighted by Crippen LogP contribution is 2.19. The second-order valence-electron chi connectivity index (χ2n) is 7.53. The van der Waals surface area contributed by atoms with Crippen LogP contribution in [0.4, 0.5) is 0 Å². The minimum absolute atomic E-state index is 0.0146. The minimum atomic E-state index is -1.62. The zero-order valence-electron chi connectivity index (χ0n) is 15.1. The fourth-order valence-electron chi connectivity index (χ4n) is 1.82. The molecule has 0 spiro atoms. The van der Waals surface area contributed by atoms with E-state index in [-0.39, 0.29) is 6.10 Å². The van der Waals surface area contributed by atoms with Gasteiger partial charge in [-0.05, 0) is 26.1 Å². The second-order valence-corrected chi connectivity index (χ2v) is 16.7. The van der Waals surface area contributed by atoms with Gasteiger partial charge in [0.1, 0.15) is 26.5 Å². The molecule has 1 atom stereocenters. The Morgan fingerprint density at radius 1 is 1.10 bits per heavy atom. The molecule has 0 aromatic rings. The summed E-state index contributed by atoms with van der Waals surface area (Å²) in [7, 11) is -2.93. The van der Waals surface area contributed by atoms with Gasteiger partial charge in [-0.1, -0.05) is 58.3 Å². The van der Waals surface area contributed by atoms with Crippen molar-refractivity contribution in [2.75, 3.05) is 6.61 Å². The van der Waals surface area contributed by atoms with Crippen LogP contribution >= 0.6 is 0 Å². The molecule has 0 fully saturated rings. The highest BCUT2D eigenvalue weighted by molar-refractivity contribution is 6.83. The van der Waals surface area contributed by atoms with E-state index in [2.05, 4.69) is 64.2 Å². The van der Waals surface area contributed by atoms with E-state index in [1.807, 2.05) is 0 Å².